The van der Waals surface area contributed by atoms with E-state index in [2.05, 4.69) is 29.1 Å². The molecule has 4 heteroatoms. The summed E-state index contributed by atoms with van der Waals surface area (Å²) in [5.74, 6) is 5.48. The van der Waals surface area contributed by atoms with Gasteiger partial charge in [0.25, 0.3) is 5.91 Å². The molecule has 0 radical (unpaired) electrons. The first-order chi connectivity index (χ1) is 9.21. The molecule has 1 saturated carbocycles. The highest BCUT2D eigenvalue weighted by atomic mass is 16.1. The van der Waals surface area contributed by atoms with E-state index in [9.17, 15) is 4.79 Å². The smallest absolute Gasteiger partial charge is 0.271 e. The summed E-state index contributed by atoms with van der Waals surface area (Å²) >= 11 is 0. The third-order valence-corrected chi connectivity index (χ3v) is 3.68. The molecule has 1 aromatic heterocycles. The van der Waals surface area contributed by atoms with Gasteiger partial charge in [-0.1, -0.05) is 18.8 Å². The minimum absolute atomic E-state index is 0.151. The molecule has 2 rings (SSSR count). The lowest BCUT2D eigenvalue weighted by atomic mass is 10.0. The highest BCUT2D eigenvalue weighted by Crippen LogP contribution is 2.47. The van der Waals surface area contributed by atoms with Crippen LogP contribution in [0, 0.1) is 17.3 Å². The first-order valence-corrected chi connectivity index (χ1v) is 6.63. The zero-order chi connectivity index (χ0) is 13.7. The highest BCUT2D eigenvalue weighted by Gasteiger charge is 2.40. The maximum atomic E-state index is 12.1. The van der Waals surface area contributed by atoms with E-state index in [0.29, 0.717) is 16.7 Å². The van der Waals surface area contributed by atoms with Crippen molar-refractivity contribution in [3.8, 4) is 11.8 Å². The SMILES string of the molecule is CCC1(CNC(=O)c2ncccc2C#CCN)CC1. The Hall–Kier alpha value is -1.86. The number of rotatable bonds is 4. The van der Waals surface area contributed by atoms with E-state index >= 15 is 0 Å². The molecule has 1 fully saturated rings. The van der Waals surface area contributed by atoms with E-state index in [1.807, 2.05) is 0 Å². The number of amides is 1. The van der Waals surface area contributed by atoms with Gasteiger partial charge in [-0.2, -0.15) is 0 Å². The summed E-state index contributed by atoms with van der Waals surface area (Å²) in [7, 11) is 0. The second-order valence-electron chi connectivity index (χ2n) is 4.94. The summed E-state index contributed by atoms with van der Waals surface area (Å²) in [4.78, 5) is 16.3. The average Bonchev–Trinajstić information content (AvgIpc) is 3.23. The Morgan fingerprint density at radius 3 is 3.00 bits per heavy atom. The van der Waals surface area contributed by atoms with Gasteiger partial charge in [0, 0.05) is 12.7 Å². The molecule has 0 aromatic carbocycles. The van der Waals surface area contributed by atoms with Crippen LogP contribution in [0.5, 0.6) is 0 Å². The molecule has 1 aliphatic rings. The van der Waals surface area contributed by atoms with E-state index in [0.717, 1.165) is 13.0 Å². The Kier molecular flexibility index (Phi) is 4.18. The van der Waals surface area contributed by atoms with Crippen molar-refractivity contribution in [2.75, 3.05) is 13.1 Å². The van der Waals surface area contributed by atoms with E-state index < -0.39 is 0 Å². The number of hydrogen-bond donors (Lipinski definition) is 2. The molecule has 0 saturated heterocycles. The Balaban J connectivity index is 2.06. The van der Waals surface area contributed by atoms with Crippen molar-refractivity contribution >= 4 is 5.91 Å². The van der Waals surface area contributed by atoms with Crippen molar-refractivity contribution in [1.82, 2.24) is 10.3 Å². The van der Waals surface area contributed by atoms with Crippen LogP contribution in [0.2, 0.25) is 0 Å². The molecule has 1 heterocycles. The van der Waals surface area contributed by atoms with Crippen LogP contribution in [0.25, 0.3) is 0 Å². The van der Waals surface area contributed by atoms with Crippen LogP contribution in [0.15, 0.2) is 18.3 Å². The fourth-order valence-electron chi connectivity index (χ4n) is 2.02. The molecule has 0 atom stereocenters. The summed E-state index contributed by atoms with van der Waals surface area (Å²) in [6, 6.07) is 3.56. The Bertz CT molecular complexity index is 524. The fraction of sp³-hybridized carbons (Fsp3) is 0.467. The molecule has 1 amide bonds. The number of nitrogens with two attached hydrogens (primary N) is 1. The first-order valence-electron chi connectivity index (χ1n) is 6.63. The Morgan fingerprint density at radius 2 is 2.37 bits per heavy atom. The largest absolute Gasteiger partial charge is 0.350 e. The minimum atomic E-state index is -0.151. The van der Waals surface area contributed by atoms with E-state index in [-0.39, 0.29) is 12.5 Å². The van der Waals surface area contributed by atoms with Gasteiger partial charge in [0.15, 0.2) is 0 Å². The number of hydrogen-bond acceptors (Lipinski definition) is 3. The monoisotopic (exact) mass is 257 g/mol. The van der Waals surface area contributed by atoms with Crippen LogP contribution >= 0.6 is 0 Å². The maximum Gasteiger partial charge on any atom is 0.271 e. The Morgan fingerprint density at radius 1 is 1.58 bits per heavy atom. The number of carbonyl (C=O) groups is 1. The topological polar surface area (TPSA) is 68.0 Å². The highest BCUT2D eigenvalue weighted by molar-refractivity contribution is 5.94. The molecule has 1 aliphatic carbocycles. The zero-order valence-electron chi connectivity index (χ0n) is 11.2. The van der Waals surface area contributed by atoms with E-state index in [1.54, 1.807) is 18.3 Å². The number of pyridine rings is 1. The fourth-order valence-corrected chi connectivity index (χ4v) is 2.02. The summed E-state index contributed by atoms with van der Waals surface area (Å²) in [6.45, 7) is 3.16. The molecule has 100 valence electrons. The predicted octanol–water partition coefficient (Wildman–Crippen LogP) is 1.31. The van der Waals surface area contributed by atoms with Crippen LogP contribution in [-0.2, 0) is 0 Å². The predicted molar refractivity (Wildman–Crippen MR) is 74.5 cm³/mol. The number of aromatic nitrogens is 1. The summed E-state index contributed by atoms with van der Waals surface area (Å²) < 4.78 is 0. The standard InChI is InChI=1S/C15H19N3O/c1-2-15(7-8-15)11-18-14(19)13-12(5-3-9-16)6-4-10-17-13/h4,6,10H,2,7-9,11,16H2,1H3,(H,18,19). The molecule has 0 unspecified atom stereocenters. The molecular weight excluding hydrogens is 238 g/mol. The number of nitrogens with zero attached hydrogens (tertiary/aromatic N) is 1. The molecule has 19 heavy (non-hydrogen) atoms. The van der Waals surface area contributed by atoms with Crippen molar-refractivity contribution in [2.45, 2.75) is 26.2 Å². The lowest BCUT2D eigenvalue weighted by Crippen LogP contribution is -2.31. The van der Waals surface area contributed by atoms with Gasteiger partial charge in [-0.3, -0.25) is 4.79 Å². The summed E-state index contributed by atoms with van der Waals surface area (Å²) in [5, 5.41) is 2.97. The molecule has 0 bridgehead atoms. The second-order valence-corrected chi connectivity index (χ2v) is 4.94. The first kappa shape index (κ1) is 13.6. The number of carbonyl (C=O) groups excluding carboxylic acids is 1. The summed E-state index contributed by atoms with van der Waals surface area (Å²) in [6.07, 6.45) is 5.11. The lowest BCUT2D eigenvalue weighted by molar-refractivity contribution is 0.0939. The maximum absolute atomic E-state index is 12.1. The molecule has 0 aliphatic heterocycles. The molecular formula is C15H19N3O. The van der Waals surface area contributed by atoms with Gasteiger partial charge < -0.3 is 11.1 Å². The van der Waals surface area contributed by atoms with Crippen molar-refractivity contribution in [3.63, 3.8) is 0 Å². The third-order valence-electron chi connectivity index (χ3n) is 3.68. The van der Waals surface area contributed by atoms with Crippen molar-refractivity contribution in [3.05, 3.63) is 29.6 Å². The van der Waals surface area contributed by atoms with Gasteiger partial charge in [0.1, 0.15) is 5.69 Å². The second kappa shape index (κ2) is 5.85. The van der Waals surface area contributed by atoms with Gasteiger partial charge in [-0.05, 0) is 36.8 Å². The van der Waals surface area contributed by atoms with Gasteiger partial charge in [0.05, 0.1) is 12.1 Å². The molecule has 3 N–H and O–H groups in total. The quantitative estimate of drug-likeness (QED) is 0.799. The lowest BCUT2D eigenvalue weighted by Gasteiger charge is -2.13. The van der Waals surface area contributed by atoms with Gasteiger partial charge in [0.2, 0.25) is 0 Å². The van der Waals surface area contributed by atoms with Crippen molar-refractivity contribution in [2.24, 2.45) is 11.1 Å². The summed E-state index contributed by atoms with van der Waals surface area (Å²) in [5.41, 5.74) is 6.69. The van der Waals surface area contributed by atoms with Crippen LogP contribution < -0.4 is 11.1 Å². The Labute approximate surface area is 113 Å². The molecule has 4 nitrogen and oxygen atoms in total. The molecule has 1 aromatic rings. The van der Waals surface area contributed by atoms with Crippen molar-refractivity contribution < 1.29 is 4.79 Å². The van der Waals surface area contributed by atoms with E-state index in [4.69, 9.17) is 5.73 Å². The average molecular weight is 257 g/mol. The van der Waals surface area contributed by atoms with Crippen LogP contribution in [0.4, 0.5) is 0 Å². The number of nitrogens with one attached hydrogen (secondary N) is 1. The van der Waals surface area contributed by atoms with E-state index in [1.165, 1.54) is 12.8 Å². The van der Waals surface area contributed by atoms with Gasteiger partial charge in [-0.15, -0.1) is 0 Å². The third kappa shape index (κ3) is 3.33. The van der Waals surface area contributed by atoms with Crippen LogP contribution in [-0.4, -0.2) is 24.0 Å². The van der Waals surface area contributed by atoms with Gasteiger partial charge >= 0.3 is 0 Å². The van der Waals surface area contributed by atoms with Crippen molar-refractivity contribution in [1.29, 1.82) is 0 Å². The normalized spacial score (nSPS) is 15.3. The molecule has 0 spiro atoms. The minimum Gasteiger partial charge on any atom is -0.350 e. The van der Waals surface area contributed by atoms with Crippen LogP contribution in [0.3, 0.4) is 0 Å². The van der Waals surface area contributed by atoms with Crippen LogP contribution in [0.1, 0.15) is 42.2 Å². The zero-order valence-corrected chi connectivity index (χ0v) is 11.2. The van der Waals surface area contributed by atoms with Gasteiger partial charge in [-0.25, -0.2) is 4.98 Å².